The van der Waals surface area contributed by atoms with Gasteiger partial charge in [-0.15, -0.1) is 0 Å². The Bertz CT molecular complexity index is 655. The number of hydrogen-bond donors (Lipinski definition) is 0. The number of nitrogens with zero attached hydrogens (tertiary/aromatic N) is 1. The average molecular weight is 249 g/mol. The lowest BCUT2D eigenvalue weighted by Gasteiger charge is -2.27. The number of allylic oxidation sites excluding steroid dienone is 3. The molecule has 0 N–H and O–H groups in total. The van der Waals surface area contributed by atoms with Gasteiger partial charge in [-0.2, -0.15) is 0 Å². The van der Waals surface area contributed by atoms with E-state index < -0.39 is 0 Å². The lowest BCUT2D eigenvalue weighted by atomic mass is 9.97. The van der Waals surface area contributed by atoms with Gasteiger partial charge in [0.25, 0.3) is 0 Å². The molecule has 94 valence electrons. The zero-order valence-electron chi connectivity index (χ0n) is 10.9. The molecule has 2 heteroatoms. The van der Waals surface area contributed by atoms with Crippen molar-refractivity contribution in [1.29, 1.82) is 0 Å². The SMILES string of the molecule is CC(=O)N1Cc2ccccc2C#CC2=C1C=CCC2. The Balaban J connectivity index is 2.17. The van der Waals surface area contributed by atoms with Crippen LogP contribution < -0.4 is 0 Å². The van der Waals surface area contributed by atoms with Gasteiger partial charge in [0.2, 0.25) is 5.91 Å². The lowest BCUT2D eigenvalue weighted by Crippen LogP contribution is -2.29. The van der Waals surface area contributed by atoms with Crippen LogP contribution in [0.25, 0.3) is 0 Å². The van der Waals surface area contributed by atoms with Crippen molar-refractivity contribution in [2.75, 3.05) is 0 Å². The molecular formula is C17H15NO. The molecule has 1 heterocycles. The second kappa shape index (κ2) is 4.78. The first kappa shape index (κ1) is 11.8. The fourth-order valence-corrected chi connectivity index (χ4v) is 2.49. The summed E-state index contributed by atoms with van der Waals surface area (Å²) in [5.74, 6) is 6.56. The van der Waals surface area contributed by atoms with E-state index in [0.29, 0.717) is 6.54 Å². The predicted octanol–water partition coefficient (Wildman–Crippen LogP) is 3.00. The zero-order valence-corrected chi connectivity index (χ0v) is 10.9. The molecule has 19 heavy (non-hydrogen) atoms. The molecule has 0 unspecified atom stereocenters. The quantitative estimate of drug-likeness (QED) is 0.647. The summed E-state index contributed by atoms with van der Waals surface area (Å²) in [5.41, 5.74) is 4.18. The number of carbonyl (C=O) groups excluding carboxylic acids is 1. The smallest absolute Gasteiger partial charge is 0.224 e. The van der Waals surface area contributed by atoms with Crippen molar-refractivity contribution in [3.8, 4) is 11.8 Å². The molecule has 1 aliphatic carbocycles. The molecule has 1 aromatic rings. The molecule has 0 atom stereocenters. The fourth-order valence-electron chi connectivity index (χ4n) is 2.49. The molecule has 0 radical (unpaired) electrons. The van der Waals surface area contributed by atoms with Gasteiger partial charge in [0.05, 0.1) is 12.2 Å². The Labute approximate surface area is 113 Å². The zero-order chi connectivity index (χ0) is 13.2. The summed E-state index contributed by atoms with van der Waals surface area (Å²) >= 11 is 0. The van der Waals surface area contributed by atoms with Crippen LogP contribution in [0.2, 0.25) is 0 Å². The van der Waals surface area contributed by atoms with Crippen LogP contribution in [0.3, 0.4) is 0 Å². The highest BCUT2D eigenvalue weighted by Gasteiger charge is 2.20. The van der Waals surface area contributed by atoms with Crippen LogP contribution in [-0.2, 0) is 11.3 Å². The van der Waals surface area contributed by atoms with E-state index in [1.54, 1.807) is 6.92 Å². The van der Waals surface area contributed by atoms with Gasteiger partial charge in [-0.05, 0) is 30.5 Å². The number of hydrogen-bond acceptors (Lipinski definition) is 1. The van der Waals surface area contributed by atoms with E-state index in [9.17, 15) is 4.79 Å². The third kappa shape index (κ3) is 2.20. The number of fused-ring (bicyclic) bond motifs is 1. The van der Waals surface area contributed by atoms with Crippen LogP contribution >= 0.6 is 0 Å². The third-order valence-electron chi connectivity index (χ3n) is 3.51. The molecule has 0 aromatic heterocycles. The van der Waals surface area contributed by atoms with Gasteiger partial charge in [0, 0.05) is 18.1 Å². The highest BCUT2D eigenvalue weighted by molar-refractivity contribution is 5.77. The van der Waals surface area contributed by atoms with E-state index >= 15 is 0 Å². The van der Waals surface area contributed by atoms with Crippen molar-refractivity contribution in [3.05, 3.63) is 58.8 Å². The van der Waals surface area contributed by atoms with Gasteiger partial charge >= 0.3 is 0 Å². The molecule has 1 amide bonds. The normalized spacial score (nSPS) is 16.8. The van der Waals surface area contributed by atoms with Crippen LogP contribution in [0, 0.1) is 11.8 Å². The summed E-state index contributed by atoms with van der Waals surface area (Å²) in [6.45, 7) is 2.22. The van der Waals surface area contributed by atoms with Crippen LogP contribution in [0.5, 0.6) is 0 Å². The molecule has 0 saturated carbocycles. The monoisotopic (exact) mass is 249 g/mol. The number of benzene rings is 1. The minimum Gasteiger partial charge on any atom is -0.307 e. The molecule has 2 nitrogen and oxygen atoms in total. The summed E-state index contributed by atoms with van der Waals surface area (Å²) in [6.07, 6.45) is 6.07. The number of carbonyl (C=O) groups is 1. The summed E-state index contributed by atoms with van der Waals surface area (Å²) in [7, 11) is 0. The van der Waals surface area contributed by atoms with E-state index in [1.165, 1.54) is 0 Å². The van der Waals surface area contributed by atoms with Gasteiger partial charge in [-0.1, -0.05) is 36.1 Å². The van der Waals surface area contributed by atoms with Crippen molar-refractivity contribution >= 4 is 5.91 Å². The van der Waals surface area contributed by atoms with Crippen LogP contribution in [0.1, 0.15) is 30.9 Å². The van der Waals surface area contributed by atoms with E-state index in [0.717, 1.165) is 35.2 Å². The van der Waals surface area contributed by atoms with Crippen LogP contribution in [0.15, 0.2) is 47.7 Å². The van der Waals surface area contributed by atoms with Gasteiger partial charge in [0.1, 0.15) is 0 Å². The van der Waals surface area contributed by atoms with Gasteiger partial charge in [-0.25, -0.2) is 0 Å². The molecule has 2 aliphatic rings. The van der Waals surface area contributed by atoms with E-state index in [-0.39, 0.29) is 5.91 Å². The maximum Gasteiger partial charge on any atom is 0.224 e. The second-order valence-electron chi connectivity index (χ2n) is 4.82. The maximum absolute atomic E-state index is 11.9. The molecule has 1 aromatic carbocycles. The van der Waals surface area contributed by atoms with Gasteiger partial charge in [-0.3, -0.25) is 4.79 Å². The standard InChI is InChI=1S/C17H15NO/c1-13(19)18-12-16-8-3-2-6-14(16)10-11-15-7-4-5-9-17(15)18/h2-3,5-6,8-9H,4,7,12H2,1H3. The van der Waals surface area contributed by atoms with Crippen LogP contribution in [0.4, 0.5) is 0 Å². The Hall–Kier alpha value is -2.27. The van der Waals surface area contributed by atoms with Crippen molar-refractivity contribution in [2.45, 2.75) is 26.3 Å². The van der Waals surface area contributed by atoms with Crippen molar-refractivity contribution in [3.63, 3.8) is 0 Å². The summed E-state index contributed by atoms with van der Waals surface area (Å²) < 4.78 is 0. The van der Waals surface area contributed by atoms with Crippen molar-refractivity contribution < 1.29 is 4.79 Å². The molecule has 0 fully saturated rings. The first-order chi connectivity index (χ1) is 9.25. The summed E-state index contributed by atoms with van der Waals surface area (Å²) in [5, 5.41) is 0. The second-order valence-corrected chi connectivity index (χ2v) is 4.82. The third-order valence-corrected chi connectivity index (χ3v) is 3.51. The molecule has 0 saturated heterocycles. The molecule has 0 bridgehead atoms. The predicted molar refractivity (Wildman–Crippen MR) is 74.9 cm³/mol. The fraction of sp³-hybridized carbons (Fsp3) is 0.235. The molecular weight excluding hydrogens is 234 g/mol. The largest absolute Gasteiger partial charge is 0.307 e. The lowest BCUT2D eigenvalue weighted by molar-refractivity contribution is -0.127. The average Bonchev–Trinajstić information content (AvgIpc) is 2.41. The molecule has 1 aliphatic heterocycles. The summed E-state index contributed by atoms with van der Waals surface area (Å²) in [4.78, 5) is 13.8. The molecule has 3 rings (SSSR count). The number of amides is 1. The first-order valence-electron chi connectivity index (χ1n) is 6.53. The topological polar surface area (TPSA) is 20.3 Å². The first-order valence-corrected chi connectivity index (χ1v) is 6.53. The Morgan fingerprint density at radius 3 is 2.95 bits per heavy atom. The minimum absolute atomic E-state index is 0.0672. The highest BCUT2D eigenvalue weighted by atomic mass is 16.2. The van der Waals surface area contributed by atoms with E-state index in [2.05, 4.69) is 17.9 Å². The Morgan fingerprint density at radius 1 is 1.26 bits per heavy atom. The Kier molecular flexibility index (Phi) is 2.97. The van der Waals surface area contributed by atoms with Crippen LogP contribution in [-0.4, -0.2) is 10.8 Å². The molecule has 0 spiro atoms. The van der Waals surface area contributed by atoms with Crippen molar-refractivity contribution in [2.24, 2.45) is 0 Å². The van der Waals surface area contributed by atoms with E-state index in [4.69, 9.17) is 0 Å². The van der Waals surface area contributed by atoms with Gasteiger partial charge in [0.15, 0.2) is 0 Å². The Morgan fingerprint density at radius 2 is 2.11 bits per heavy atom. The minimum atomic E-state index is 0.0672. The van der Waals surface area contributed by atoms with Gasteiger partial charge < -0.3 is 4.90 Å². The summed E-state index contributed by atoms with van der Waals surface area (Å²) in [6, 6.07) is 8.04. The maximum atomic E-state index is 11.9. The highest BCUT2D eigenvalue weighted by Crippen LogP contribution is 2.26. The van der Waals surface area contributed by atoms with Crippen molar-refractivity contribution in [1.82, 2.24) is 4.90 Å². The number of rotatable bonds is 0. The van der Waals surface area contributed by atoms with E-state index in [1.807, 2.05) is 35.2 Å².